The van der Waals surface area contributed by atoms with Crippen molar-refractivity contribution in [3.05, 3.63) is 35.1 Å². The molecule has 0 aliphatic carbocycles. The molecule has 0 aliphatic heterocycles. The average molecular weight is 344 g/mol. The molecule has 0 bridgehead atoms. The summed E-state index contributed by atoms with van der Waals surface area (Å²) in [6.07, 6.45) is 0. The fourth-order valence-corrected chi connectivity index (χ4v) is 2.73. The molecule has 0 radical (unpaired) electrons. The van der Waals surface area contributed by atoms with E-state index in [0.29, 0.717) is 17.3 Å². The van der Waals surface area contributed by atoms with Crippen molar-refractivity contribution in [3.8, 4) is 6.01 Å². The number of carbonyl (C=O) groups is 1. The van der Waals surface area contributed by atoms with Gasteiger partial charge in [-0.1, -0.05) is 0 Å². The van der Waals surface area contributed by atoms with Crippen LogP contribution in [0, 0.1) is 0 Å². The van der Waals surface area contributed by atoms with Crippen LogP contribution in [0.1, 0.15) is 16.2 Å². The van der Waals surface area contributed by atoms with Crippen LogP contribution in [0.5, 0.6) is 6.01 Å². The second-order valence-electron chi connectivity index (χ2n) is 5.15. The third-order valence-corrected chi connectivity index (χ3v) is 4.02. The highest BCUT2D eigenvalue weighted by atomic mass is 32.1. The molecule has 0 spiro atoms. The largest absolute Gasteiger partial charge is 0.467 e. The van der Waals surface area contributed by atoms with Crippen LogP contribution in [0.25, 0.3) is 10.2 Å². The minimum atomic E-state index is -0.198. The molecule has 1 N–H and O–H groups in total. The van der Waals surface area contributed by atoms with Crippen molar-refractivity contribution in [2.75, 3.05) is 26.1 Å². The van der Waals surface area contributed by atoms with Crippen LogP contribution in [0.15, 0.2) is 23.7 Å². The van der Waals surface area contributed by atoms with Gasteiger partial charge in [-0.15, -0.1) is 11.3 Å². The summed E-state index contributed by atoms with van der Waals surface area (Å²) in [6.45, 7) is 0.180. The first-order valence-electron chi connectivity index (χ1n) is 7.14. The van der Waals surface area contributed by atoms with E-state index in [1.165, 1.54) is 18.4 Å². The molecule has 0 atom stereocenters. The van der Waals surface area contributed by atoms with Crippen LogP contribution in [0.2, 0.25) is 0 Å². The number of thiazole rings is 1. The Balaban J connectivity index is 1.74. The van der Waals surface area contributed by atoms with Gasteiger partial charge in [-0.3, -0.25) is 4.79 Å². The summed E-state index contributed by atoms with van der Waals surface area (Å²) in [7, 11) is 5.13. The Morgan fingerprint density at radius 3 is 2.88 bits per heavy atom. The number of nitrogens with zero attached hydrogens (tertiary/aromatic N) is 5. The molecule has 0 fully saturated rings. The smallest absolute Gasteiger partial charge is 0.321 e. The minimum absolute atomic E-state index is 0.180. The van der Waals surface area contributed by atoms with Gasteiger partial charge in [0.05, 0.1) is 29.4 Å². The molecule has 0 aliphatic rings. The summed E-state index contributed by atoms with van der Waals surface area (Å²) in [5.74, 6) is 0.700. The van der Waals surface area contributed by atoms with E-state index in [9.17, 15) is 4.79 Å². The van der Waals surface area contributed by atoms with Crippen LogP contribution >= 0.6 is 11.3 Å². The molecule has 0 saturated carbocycles. The quantitative estimate of drug-likeness (QED) is 0.749. The van der Waals surface area contributed by atoms with Gasteiger partial charge in [-0.2, -0.15) is 15.0 Å². The summed E-state index contributed by atoms with van der Waals surface area (Å²) >= 11 is 1.50. The van der Waals surface area contributed by atoms with Gasteiger partial charge in [0.25, 0.3) is 5.91 Å². The molecule has 0 unspecified atom stereocenters. The Bertz CT molecular complexity index is 879. The number of ether oxygens (including phenoxy) is 1. The number of hydrogen-bond donors (Lipinski definition) is 1. The zero-order chi connectivity index (χ0) is 17.1. The molecule has 9 heteroatoms. The van der Waals surface area contributed by atoms with Gasteiger partial charge >= 0.3 is 6.01 Å². The van der Waals surface area contributed by atoms with E-state index in [2.05, 4.69) is 25.3 Å². The fourth-order valence-electron chi connectivity index (χ4n) is 2.01. The van der Waals surface area contributed by atoms with Gasteiger partial charge in [0.2, 0.25) is 5.95 Å². The van der Waals surface area contributed by atoms with E-state index >= 15 is 0 Å². The molecule has 3 rings (SSSR count). The fraction of sp³-hybridized carbons (Fsp3) is 0.267. The SMILES string of the molecule is COc1nc(CNC(=O)c2ccc3ncsc3c2)nc(N(C)C)n1. The first-order chi connectivity index (χ1) is 11.6. The van der Waals surface area contributed by atoms with Crippen LogP contribution < -0.4 is 15.0 Å². The summed E-state index contributed by atoms with van der Waals surface area (Å²) in [5, 5.41) is 2.81. The molecule has 0 saturated heterocycles. The molecule has 2 heterocycles. The second kappa shape index (κ2) is 6.75. The van der Waals surface area contributed by atoms with Crippen molar-refractivity contribution in [3.63, 3.8) is 0 Å². The van der Waals surface area contributed by atoms with E-state index in [4.69, 9.17) is 4.74 Å². The predicted molar refractivity (Wildman–Crippen MR) is 91.5 cm³/mol. The first kappa shape index (κ1) is 16.1. The van der Waals surface area contributed by atoms with Gasteiger partial charge in [0.15, 0.2) is 5.82 Å². The van der Waals surface area contributed by atoms with Crippen molar-refractivity contribution >= 4 is 33.4 Å². The van der Waals surface area contributed by atoms with Crippen molar-refractivity contribution in [2.45, 2.75) is 6.54 Å². The van der Waals surface area contributed by atoms with Crippen LogP contribution in [-0.2, 0) is 6.54 Å². The summed E-state index contributed by atoms with van der Waals surface area (Å²) in [5.41, 5.74) is 3.21. The number of fused-ring (bicyclic) bond motifs is 1. The number of carbonyl (C=O) groups excluding carboxylic acids is 1. The number of amides is 1. The third-order valence-electron chi connectivity index (χ3n) is 3.23. The van der Waals surface area contributed by atoms with Gasteiger partial charge in [0, 0.05) is 19.7 Å². The standard InChI is InChI=1S/C15H16N6O2S/c1-21(2)14-18-12(19-15(20-14)23-3)7-16-13(22)9-4-5-10-11(6-9)24-8-17-10/h4-6,8H,7H2,1-3H3,(H,16,22). The van der Waals surface area contributed by atoms with E-state index in [-0.39, 0.29) is 18.5 Å². The van der Waals surface area contributed by atoms with Gasteiger partial charge in [0.1, 0.15) is 0 Å². The normalized spacial score (nSPS) is 10.6. The number of anilines is 1. The Morgan fingerprint density at radius 2 is 2.12 bits per heavy atom. The lowest BCUT2D eigenvalue weighted by atomic mass is 10.2. The lowest BCUT2D eigenvalue weighted by molar-refractivity contribution is 0.0950. The predicted octanol–water partition coefficient (Wildman–Crippen LogP) is 1.49. The Kier molecular flexibility index (Phi) is 4.52. The number of hydrogen-bond acceptors (Lipinski definition) is 8. The summed E-state index contributed by atoms with van der Waals surface area (Å²) < 4.78 is 6.04. The Labute approximate surface area is 142 Å². The highest BCUT2D eigenvalue weighted by Crippen LogP contribution is 2.19. The number of benzene rings is 1. The minimum Gasteiger partial charge on any atom is -0.467 e. The second-order valence-corrected chi connectivity index (χ2v) is 6.04. The lowest BCUT2D eigenvalue weighted by Gasteiger charge is -2.12. The Hall–Kier alpha value is -2.81. The monoisotopic (exact) mass is 344 g/mol. The number of rotatable bonds is 5. The molecule has 3 aromatic rings. The van der Waals surface area contributed by atoms with E-state index in [1.54, 1.807) is 16.5 Å². The molecular weight excluding hydrogens is 328 g/mol. The molecule has 2 aromatic heterocycles. The van der Waals surface area contributed by atoms with Crippen molar-refractivity contribution in [1.82, 2.24) is 25.3 Å². The molecule has 24 heavy (non-hydrogen) atoms. The maximum atomic E-state index is 12.3. The maximum absolute atomic E-state index is 12.3. The number of methoxy groups -OCH3 is 1. The average Bonchev–Trinajstić information content (AvgIpc) is 3.06. The lowest BCUT2D eigenvalue weighted by Crippen LogP contribution is -2.25. The van der Waals surface area contributed by atoms with Crippen LogP contribution in [0.4, 0.5) is 5.95 Å². The van der Waals surface area contributed by atoms with E-state index in [1.807, 2.05) is 26.2 Å². The van der Waals surface area contributed by atoms with Crippen molar-refractivity contribution < 1.29 is 9.53 Å². The molecule has 8 nitrogen and oxygen atoms in total. The van der Waals surface area contributed by atoms with Crippen LogP contribution in [-0.4, -0.2) is 47.0 Å². The molecule has 1 amide bonds. The van der Waals surface area contributed by atoms with Gasteiger partial charge in [-0.05, 0) is 18.2 Å². The summed E-state index contributed by atoms with van der Waals surface area (Å²) in [6, 6.07) is 5.61. The highest BCUT2D eigenvalue weighted by Gasteiger charge is 2.11. The van der Waals surface area contributed by atoms with Crippen LogP contribution in [0.3, 0.4) is 0 Å². The third kappa shape index (κ3) is 3.40. The maximum Gasteiger partial charge on any atom is 0.321 e. The molecule has 124 valence electrons. The van der Waals surface area contributed by atoms with Gasteiger partial charge < -0.3 is 15.0 Å². The number of nitrogens with one attached hydrogen (secondary N) is 1. The van der Waals surface area contributed by atoms with E-state index in [0.717, 1.165) is 10.2 Å². The van der Waals surface area contributed by atoms with Crippen molar-refractivity contribution in [2.24, 2.45) is 0 Å². The molecular formula is C15H16N6O2S. The van der Waals surface area contributed by atoms with E-state index < -0.39 is 0 Å². The van der Waals surface area contributed by atoms with Crippen molar-refractivity contribution in [1.29, 1.82) is 0 Å². The summed E-state index contributed by atoms with van der Waals surface area (Å²) in [4.78, 5) is 30.8. The zero-order valence-corrected chi connectivity index (χ0v) is 14.3. The topological polar surface area (TPSA) is 93.1 Å². The number of aromatic nitrogens is 4. The highest BCUT2D eigenvalue weighted by molar-refractivity contribution is 7.16. The van der Waals surface area contributed by atoms with Gasteiger partial charge in [-0.25, -0.2) is 4.98 Å². The first-order valence-corrected chi connectivity index (χ1v) is 8.02. The molecule has 1 aromatic carbocycles. The zero-order valence-electron chi connectivity index (χ0n) is 13.5. The Morgan fingerprint density at radius 1 is 1.29 bits per heavy atom.